The number of carboxylic acid groups (broad SMARTS) is 1. The fourth-order valence-electron chi connectivity index (χ4n) is 2.05. The number of alkyl halides is 3. The zero-order chi connectivity index (χ0) is 17.4. The van der Waals surface area contributed by atoms with Crippen molar-refractivity contribution in [3.8, 4) is 5.75 Å². The van der Waals surface area contributed by atoms with Gasteiger partial charge in [0.2, 0.25) is 0 Å². The third-order valence-electron chi connectivity index (χ3n) is 3.06. The summed E-state index contributed by atoms with van der Waals surface area (Å²) in [6, 6.07) is 3.03. The van der Waals surface area contributed by atoms with Crippen molar-refractivity contribution in [1.82, 2.24) is 4.90 Å². The Balaban J connectivity index is 2.26. The fourth-order valence-corrected chi connectivity index (χ4v) is 2.50. The predicted octanol–water partition coefficient (Wildman–Crippen LogP) is 0.998. The standard InChI is InChI=1S/C12H10F3NO6S/c13-12(14,15)23(20,21)22-8-1-2-9-7(5-8)3-4-16(11(9)19)6-10(17)18/h1-2,5H,3-4,6H2,(H,17,18). The quantitative estimate of drug-likeness (QED) is 0.640. The van der Waals surface area contributed by atoms with E-state index in [0.29, 0.717) is 0 Å². The Morgan fingerprint density at radius 3 is 2.57 bits per heavy atom. The molecule has 0 aromatic heterocycles. The largest absolute Gasteiger partial charge is 0.534 e. The number of hydrogen-bond acceptors (Lipinski definition) is 5. The van der Waals surface area contributed by atoms with E-state index in [9.17, 15) is 31.2 Å². The summed E-state index contributed by atoms with van der Waals surface area (Å²) in [6.07, 6.45) is 0.164. The second-order valence-electron chi connectivity index (χ2n) is 4.67. The minimum Gasteiger partial charge on any atom is -0.480 e. The Morgan fingerprint density at radius 2 is 2.00 bits per heavy atom. The number of rotatable bonds is 4. The van der Waals surface area contributed by atoms with Gasteiger partial charge in [0.25, 0.3) is 5.91 Å². The van der Waals surface area contributed by atoms with Crippen LogP contribution in [0.2, 0.25) is 0 Å². The first-order chi connectivity index (χ1) is 10.5. The predicted molar refractivity (Wildman–Crippen MR) is 69.3 cm³/mol. The Labute approximate surface area is 128 Å². The molecule has 0 saturated carbocycles. The van der Waals surface area contributed by atoms with Crippen molar-refractivity contribution in [3.05, 3.63) is 29.3 Å². The van der Waals surface area contributed by atoms with Crippen molar-refractivity contribution in [2.75, 3.05) is 13.1 Å². The summed E-state index contributed by atoms with van der Waals surface area (Å²) in [7, 11) is -5.79. The lowest BCUT2D eigenvalue weighted by atomic mass is 9.99. The highest BCUT2D eigenvalue weighted by atomic mass is 32.2. The molecular weight excluding hydrogens is 343 g/mol. The molecule has 1 N–H and O–H groups in total. The van der Waals surface area contributed by atoms with Crippen LogP contribution < -0.4 is 4.18 Å². The lowest BCUT2D eigenvalue weighted by Gasteiger charge is -2.27. The molecule has 1 amide bonds. The highest BCUT2D eigenvalue weighted by Gasteiger charge is 2.48. The van der Waals surface area contributed by atoms with Crippen LogP contribution in [-0.4, -0.2) is 48.9 Å². The second-order valence-corrected chi connectivity index (χ2v) is 6.21. The molecule has 1 aliphatic heterocycles. The number of carboxylic acids is 1. The van der Waals surface area contributed by atoms with Gasteiger partial charge in [0.15, 0.2) is 0 Å². The van der Waals surface area contributed by atoms with Gasteiger partial charge in [-0.1, -0.05) is 0 Å². The van der Waals surface area contributed by atoms with Crippen LogP contribution in [0.4, 0.5) is 13.2 Å². The van der Waals surface area contributed by atoms with E-state index in [1.54, 1.807) is 0 Å². The number of aliphatic carboxylic acids is 1. The number of halogens is 3. The Bertz CT molecular complexity index is 759. The van der Waals surface area contributed by atoms with E-state index < -0.39 is 39.8 Å². The maximum absolute atomic E-state index is 12.3. The third-order valence-corrected chi connectivity index (χ3v) is 4.04. The molecule has 0 atom stereocenters. The third kappa shape index (κ3) is 3.55. The van der Waals surface area contributed by atoms with Crippen molar-refractivity contribution in [1.29, 1.82) is 0 Å². The molecule has 2 rings (SSSR count). The molecule has 0 bridgehead atoms. The van der Waals surface area contributed by atoms with E-state index >= 15 is 0 Å². The summed E-state index contributed by atoms with van der Waals surface area (Å²) in [5.74, 6) is -2.36. The monoisotopic (exact) mass is 353 g/mol. The van der Waals surface area contributed by atoms with E-state index in [1.165, 1.54) is 0 Å². The van der Waals surface area contributed by atoms with Gasteiger partial charge in [-0.2, -0.15) is 21.6 Å². The molecule has 0 unspecified atom stereocenters. The van der Waals surface area contributed by atoms with Crippen molar-refractivity contribution in [2.24, 2.45) is 0 Å². The van der Waals surface area contributed by atoms with Crippen molar-refractivity contribution >= 4 is 22.0 Å². The number of fused-ring (bicyclic) bond motifs is 1. The van der Waals surface area contributed by atoms with Crippen molar-refractivity contribution in [3.63, 3.8) is 0 Å². The number of carbonyl (C=O) groups is 2. The van der Waals surface area contributed by atoms with Crippen molar-refractivity contribution in [2.45, 2.75) is 11.9 Å². The number of benzene rings is 1. The van der Waals surface area contributed by atoms with Crippen LogP contribution in [0.3, 0.4) is 0 Å². The molecule has 11 heteroatoms. The zero-order valence-corrected chi connectivity index (χ0v) is 12.1. The van der Waals surface area contributed by atoms with E-state index in [2.05, 4.69) is 4.18 Å². The normalized spacial score (nSPS) is 15.3. The molecule has 126 valence electrons. The lowest BCUT2D eigenvalue weighted by molar-refractivity contribution is -0.137. The van der Waals surface area contributed by atoms with Crippen LogP contribution in [0.1, 0.15) is 15.9 Å². The van der Waals surface area contributed by atoms with E-state index in [1.807, 2.05) is 0 Å². The summed E-state index contributed by atoms with van der Waals surface area (Å²) in [5.41, 5.74) is -5.18. The summed E-state index contributed by atoms with van der Waals surface area (Å²) in [6.45, 7) is -0.452. The maximum Gasteiger partial charge on any atom is 0.534 e. The first-order valence-corrected chi connectivity index (χ1v) is 7.57. The molecule has 1 heterocycles. The highest BCUT2D eigenvalue weighted by Crippen LogP contribution is 2.29. The molecule has 1 aromatic carbocycles. The fraction of sp³-hybridized carbons (Fsp3) is 0.333. The van der Waals surface area contributed by atoms with E-state index in [4.69, 9.17) is 5.11 Å². The van der Waals surface area contributed by atoms with Gasteiger partial charge in [0.05, 0.1) is 0 Å². The van der Waals surface area contributed by atoms with Gasteiger partial charge in [-0.05, 0) is 30.2 Å². The average Bonchev–Trinajstić information content (AvgIpc) is 2.40. The number of carbonyl (C=O) groups excluding carboxylic acids is 1. The SMILES string of the molecule is O=C(O)CN1CCc2cc(OS(=O)(=O)C(F)(F)F)ccc2C1=O. The molecule has 1 aromatic rings. The van der Waals surface area contributed by atoms with Crippen LogP contribution in [0.15, 0.2) is 18.2 Å². The van der Waals surface area contributed by atoms with Crippen LogP contribution in [0, 0.1) is 0 Å². The average molecular weight is 353 g/mol. The molecule has 0 aliphatic carbocycles. The maximum atomic E-state index is 12.3. The Morgan fingerprint density at radius 1 is 1.35 bits per heavy atom. The molecule has 23 heavy (non-hydrogen) atoms. The molecule has 1 aliphatic rings. The Hall–Kier alpha value is -2.30. The van der Waals surface area contributed by atoms with E-state index in [-0.39, 0.29) is 24.1 Å². The smallest absolute Gasteiger partial charge is 0.480 e. The van der Waals surface area contributed by atoms with Crippen LogP contribution in [0.25, 0.3) is 0 Å². The van der Waals surface area contributed by atoms with E-state index in [0.717, 1.165) is 23.1 Å². The van der Waals surface area contributed by atoms with Gasteiger partial charge in [0.1, 0.15) is 12.3 Å². The topological polar surface area (TPSA) is 101 Å². The number of amides is 1. The first-order valence-electron chi connectivity index (χ1n) is 6.16. The molecule has 0 fully saturated rings. The van der Waals surface area contributed by atoms with Crippen molar-refractivity contribution < 1.29 is 40.5 Å². The van der Waals surface area contributed by atoms with Crippen LogP contribution >= 0.6 is 0 Å². The number of nitrogens with zero attached hydrogens (tertiary/aromatic N) is 1. The summed E-state index contributed by atoms with van der Waals surface area (Å²) in [4.78, 5) is 23.7. The Kier molecular flexibility index (Phi) is 4.24. The van der Waals surface area contributed by atoms with Gasteiger partial charge < -0.3 is 14.2 Å². The molecule has 7 nitrogen and oxygen atoms in total. The van der Waals surface area contributed by atoms with Crippen LogP contribution in [-0.2, 0) is 21.3 Å². The molecule has 0 saturated heterocycles. The van der Waals surface area contributed by atoms with Gasteiger partial charge in [-0.3, -0.25) is 9.59 Å². The van der Waals surface area contributed by atoms with Crippen LogP contribution in [0.5, 0.6) is 5.75 Å². The minimum atomic E-state index is -5.79. The second kappa shape index (κ2) is 5.72. The summed E-state index contributed by atoms with van der Waals surface area (Å²) >= 11 is 0. The zero-order valence-electron chi connectivity index (χ0n) is 11.3. The lowest BCUT2D eigenvalue weighted by Crippen LogP contribution is -2.40. The molecule has 0 radical (unpaired) electrons. The van der Waals surface area contributed by atoms with Gasteiger partial charge in [0, 0.05) is 12.1 Å². The van der Waals surface area contributed by atoms with Gasteiger partial charge in [-0.15, -0.1) is 0 Å². The molecular formula is C12H10F3NO6S. The molecule has 0 spiro atoms. The summed E-state index contributed by atoms with van der Waals surface area (Å²) in [5, 5.41) is 8.69. The first kappa shape index (κ1) is 17.1. The van der Waals surface area contributed by atoms with Gasteiger partial charge >= 0.3 is 21.6 Å². The summed E-state index contributed by atoms with van der Waals surface area (Å²) < 4.78 is 62.7. The highest BCUT2D eigenvalue weighted by molar-refractivity contribution is 7.88. The number of hydrogen-bond donors (Lipinski definition) is 1. The van der Waals surface area contributed by atoms with Gasteiger partial charge in [-0.25, -0.2) is 0 Å². The minimum absolute atomic E-state index is 0.0492.